The Kier molecular flexibility index (Phi) is 5.93. The van der Waals surface area contributed by atoms with Gasteiger partial charge < -0.3 is 13.9 Å². The Bertz CT molecular complexity index is 1660. The van der Waals surface area contributed by atoms with Crippen molar-refractivity contribution in [2.45, 2.75) is 51.6 Å². The van der Waals surface area contributed by atoms with Crippen molar-refractivity contribution in [1.82, 2.24) is 18.5 Å². The summed E-state index contributed by atoms with van der Waals surface area (Å²) in [4.78, 5) is 22.0. The molecule has 1 aromatic carbocycles. The zero-order valence-electron chi connectivity index (χ0n) is 21.7. The first-order valence-corrected chi connectivity index (χ1v) is 13.6. The normalized spacial score (nSPS) is 17.0. The predicted molar refractivity (Wildman–Crippen MR) is 143 cm³/mol. The van der Waals surface area contributed by atoms with Crippen LogP contribution in [0.5, 0.6) is 0 Å². The van der Waals surface area contributed by atoms with Crippen LogP contribution in [0.3, 0.4) is 0 Å². The topological polar surface area (TPSA) is 105 Å². The number of pyridine rings is 1. The fourth-order valence-electron chi connectivity index (χ4n) is 4.49. The summed E-state index contributed by atoms with van der Waals surface area (Å²) in [5.74, 6) is -0.293. The first-order valence-electron chi connectivity index (χ1n) is 12.0. The van der Waals surface area contributed by atoms with Crippen LogP contribution in [0, 0.1) is 6.92 Å². The molecule has 1 aliphatic heterocycles. The average Bonchev–Trinajstić information content (AvgIpc) is 3.32. The summed E-state index contributed by atoms with van der Waals surface area (Å²) < 4.78 is 43.0. The Labute approximate surface area is 216 Å². The molecule has 0 bridgehead atoms. The summed E-state index contributed by atoms with van der Waals surface area (Å²) in [5.41, 5.74) is 0.840. The maximum absolute atomic E-state index is 14.0. The van der Waals surface area contributed by atoms with E-state index in [1.54, 1.807) is 56.6 Å². The van der Waals surface area contributed by atoms with Crippen molar-refractivity contribution < 1.29 is 17.7 Å². The van der Waals surface area contributed by atoms with E-state index in [0.29, 0.717) is 27.8 Å². The van der Waals surface area contributed by atoms with Crippen LogP contribution in [0.4, 0.5) is 0 Å². The van der Waals surface area contributed by atoms with Gasteiger partial charge in [-0.1, -0.05) is 30.3 Å². The molecule has 1 fully saturated rings. The predicted octanol–water partition coefficient (Wildman–Crippen LogP) is 2.78. The quantitative estimate of drug-likeness (QED) is 0.373. The number of fused-ring (bicyclic) bond motifs is 1. The molecule has 11 heteroatoms. The minimum absolute atomic E-state index is 0.0249. The van der Waals surface area contributed by atoms with Gasteiger partial charge in [0.25, 0.3) is 5.56 Å². The second-order valence-electron chi connectivity index (χ2n) is 10.4. The van der Waals surface area contributed by atoms with Crippen molar-refractivity contribution in [3.05, 3.63) is 76.6 Å². The molecule has 0 atom stereocenters. The number of benzene rings is 1. The van der Waals surface area contributed by atoms with Crippen LogP contribution in [0.2, 0.25) is 0 Å². The second-order valence-corrected chi connectivity index (χ2v) is 12.2. The molecular weight excluding hydrogens is 491 g/mol. The van der Waals surface area contributed by atoms with Crippen LogP contribution in [0.1, 0.15) is 39.0 Å². The van der Waals surface area contributed by atoms with E-state index in [0.717, 1.165) is 3.97 Å². The molecule has 5 rings (SSSR count). The maximum atomic E-state index is 14.0. The van der Waals surface area contributed by atoms with Gasteiger partial charge in [-0.2, -0.15) is 0 Å². The van der Waals surface area contributed by atoms with E-state index in [9.17, 15) is 13.2 Å². The third kappa shape index (κ3) is 4.30. The van der Waals surface area contributed by atoms with E-state index >= 15 is 0 Å². The van der Waals surface area contributed by atoms with Gasteiger partial charge >= 0.3 is 7.12 Å². The molecule has 0 unspecified atom stereocenters. The van der Waals surface area contributed by atoms with Gasteiger partial charge in [-0.05, 0) is 52.3 Å². The molecule has 0 aliphatic carbocycles. The summed E-state index contributed by atoms with van der Waals surface area (Å²) in [6, 6.07) is 12.2. The molecule has 0 radical (unpaired) electrons. The lowest BCUT2D eigenvalue weighted by Crippen LogP contribution is -2.41. The molecular formula is C26H29BN4O5S. The lowest BCUT2D eigenvalue weighted by molar-refractivity contribution is 0.00578. The summed E-state index contributed by atoms with van der Waals surface area (Å²) in [7, 11) is -3.26. The van der Waals surface area contributed by atoms with Gasteiger partial charge in [-0.25, -0.2) is 22.4 Å². The molecule has 192 valence electrons. The first kappa shape index (κ1) is 25.4. The Hall–Kier alpha value is -3.28. The van der Waals surface area contributed by atoms with E-state index in [-0.39, 0.29) is 17.0 Å². The van der Waals surface area contributed by atoms with Crippen LogP contribution in [-0.4, -0.2) is 45.2 Å². The highest BCUT2D eigenvalue weighted by molar-refractivity contribution is 7.89. The summed E-state index contributed by atoms with van der Waals surface area (Å²) in [5, 5.41) is 0.435. The molecule has 0 amide bonds. The Morgan fingerprint density at radius 1 is 1.00 bits per heavy atom. The van der Waals surface area contributed by atoms with E-state index in [1.165, 1.54) is 10.9 Å². The van der Waals surface area contributed by atoms with Gasteiger partial charge in [0, 0.05) is 29.8 Å². The average molecular weight is 520 g/mol. The molecule has 1 aliphatic rings. The molecule has 1 saturated heterocycles. The van der Waals surface area contributed by atoms with Crippen molar-refractivity contribution in [2.75, 3.05) is 0 Å². The molecule has 4 aromatic rings. The van der Waals surface area contributed by atoms with E-state index in [4.69, 9.17) is 9.31 Å². The largest absolute Gasteiger partial charge is 0.497 e. The number of rotatable bonds is 5. The van der Waals surface area contributed by atoms with Gasteiger partial charge in [-0.3, -0.25) is 4.79 Å². The van der Waals surface area contributed by atoms with E-state index < -0.39 is 33.9 Å². The van der Waals surface area contributed by atoms with Gasteiger partial charge in [0.1, 0.15) is 11.8 Å². The number of hydrogen-bond donors (Lipinski definition) is 0. The lowest BCUT2D eigenvalue weighted by atomic mass is 9.78. The number of aromatic nitrogens is 4. The molecule has 3 aromatic heterocycles. The van der Waals surface area contributed by atoms with Gasteiger partial charge in [0.05, 0.1) is 28.3 Å². The van der Waals surface area contributed by atoms with Crippen molar-refractivity contribution in [1.29, 1.82) is 0 Å². The fourth-order valence-corrected chi connectivity index (χ4v) is 6.13. The smallest absolute Gasteiger partial charge is 0.399 e. The van der Waals surface area contributed by atoms with Gasteiger partial charge in [0.2, 0.25) is 10.0 Å². The SMILES string of the molecule is Cc1cc(-c2cc3c(B4OC(C)(C)C(C)(C)O4)cn(C)c(=O)c3n2S(=O)(=O)Cc2ccccc2)ncn1. The first-order chi connectivity index (χ1) is 17.3. The third-order valence-electron chi connectivity index (χ3n) is 7.17. The maximum Gasteiger partial charge on any atom is 0.497 e. The summed E-state index contributed by atoms with van der Waals surface area (Å²) in [6.45, 7) is 9.56. The van der Waals surface area contributed by atoms with Gasteiger partial charge in [0.15, 0.2) is 0 Å². The highest BCUT2D eigenvalue weighted by Crippen LogP contribution is 2.37. The van der Waals surface area contributed by atoms with Crippen LogP contribution in [0.25, 0.3) is 22.3 Å². The lowest BCUT2D eigenvalue weighted by Gasteiger charge is -2.32. The summed E-state index contributed by atoms with van der Waals surface area (Å²) >= 11 is 0. The second kappa shape index (κ2) is 8.64. The summed E-state index contributed by atoms with van der Waals surface area (Å²) in [6.07, 6.45) is 3.03. The molecule has 9 nitrogen and oxygen atoms in total. The molecule has 37 heavy (non-hydrogen) atoms. The Morgan fingerprint density at radius 2 is 1.65 bits per heavy atom. The van der Waals surface area contributed by atoms with Crippen molar-refractivity contribution >= 4 is 33.5 Å². The zero-order chi connectivity index (χ0) is 26.8. The molecule has 0 spiro atoms. The van der Waals surface area contributed by atoms with E-state index in [2.05, 4.69) is 9.97 Å². The molecule has 4 heterocycles. The van der Waals surface area contributed by atoms with Crippen LogP contribution >= 0.6 is 0 Å². The van der Waals surface area contributed by atoms with E-state index in [1.807, 2.05) is 33.8 Å². The minimum Gasteiger partial charge on any atom is -0.399 e. The Morgan fingerprint density at radius 3 is 2.27 bits per heavy atom. The van der Waals surface area contributed by atoms with Crippen LogP contribution in [-0.2, 0) is 32.1 Å². The van der Waals surface area contributed by atoms with Crippen LogP contribution in [0.15, 0.2) is 59.8 Å². The molecule has 0 N–H and O–H groups in total. The van der Waals surface area contributed by atoms with Crippen molar-refractivity contribution in [2.24, 2.45) is 7.05 Å². The Balaban J connectivity index is 1.82. The van der Waals surface area contributed by atoms with Crippen molar-refractivity contribution in [3.8, 4) is 11.4 Å². The highest BCUT2D eigenvalue weighted by Gasteiger charge is 2.52. The minimum atomic E-state index is -4.05. The number of hydrogen-bond acceptors (Lipinski definition) is 7. The van der Waals surface area contributed by atoms with Crippen LogP contribution < -0.4 is 11.0 Å². The third-order valence-corrected chi connectivity index (χ3v) is 8.80. The number of aryl methyl sites for hydroxylation is 2. The number of nitrogens with zero attached hydrogens (tertiary/aromatic N) is 4. The standard InChI is InChI=1S/C26H29BN4O5S/c1-17-12-21(29-16-28-17)22-13-19-20(27-35-25(2,3)26(4,5)36-27)14-30(6)24(32)23(19)31(22)37(33,34)15-18-10-8-7-9-11-18/h7-14,16H,15H2,1-6H3. The highest BCUT2D eigenvalue weighted by atomic mass is 32.2. The fraction of sp³-hybridized carbons (Fsp3) is 0.346. The monoisotopic (exact) mass is 520 g/mol. The molecule has 0 saturated carbocycles. The van der Waals surface area contributed by atoms with Crippen molar-refractivity contribution in [3.63, 3.8) is 0 Å². The zero-order valence-corrected chi connectivity index (χ0v) is 22.5. The van der Waals surface area contributed by atoms with Gasteiger partial charge in [-0.15, -0.1) is 0 Å².